The van der Waals surface area contributed by atoms with Gasteiger partial charge in [0.15, 0.2) is 0 Å². The van der Waals surface area contributed by atoms with E-state index in [1.807, 2.05) is 0 Å². The van der Waals surface area contributed by atoms with Gasteiger partial charge < -0.3 is 5.73 Å². The van der Waals surface area contributed by atoms with Crippen LogP contribution in [-0.4, -0.2) is 30.6 Å². The van der Waals surface area contributed by atoms with Crippen LogP contribution in [0.15, 0.2) is 0 Å². The summed E-state index contributed by atoms with van der Waals surface area (Å²) in [5.41, 5.74) is 6.02. The number of nitrogens with two attached hydrogens (primary N) is 1. The van der Waals surface area contributed by atoms with Gasteiger partial charge in [-0.15, -0.1) is 0 Å². The summed E-state index contributed by atoms with van der Waals surface area (Å²) in [6.45, 7) is 5.83. The molecular formula is C15H30N2. The molecule has 100 valence electrons. The van der Waals surface area contributed by atoms with E-state index < -0.39 is 0 Å². The average Bonchev–Trinajstić information content (AvgIpc) is 2.37. The SMILES string of the molecule is CC1CCCN(C(CN)CC2CCCCC2)C1. The Hall–Kier alpha value is -0.0800. The third-order valence-electron chi connectivity index (χ3n) is 4.81. The Morgan fingerprint density at radius 3 is 2.53 bits per heavy atom. The summed E-state index contributed by atoms with van der Waals surface area (Å²) in [7, 11) is 0. The number of nitrogens with zero attached hydrogens (tertiary/aromatic N) is 1. The Kier molecular flexibility index (Phi) is 5.30. The van der Waals surface area contributed by atoms with E-state index in [-0.39, 0.29) is 0 Å². The molecule has 1 aliphatic heterocycles. The second kappa shape index (κ2) is 6.75. The summed E-state index contributed by atoms with van der Waals surface area (Å²) in [6.07, 6.45) is 11.4. The molecule has 2 nitrogen and oxygen atoms in total. The third-order valence-corrected chi connectivity index (χ3v) is 4.81. The third kappa shape index (κ3) is 3.96. The fourth-order valence-corrected chi connectivity index (χ4v) is 3.76. The lowest BCUT2D eigenvalue weighted by molar-refractivity contribution is 0.110. The smallest absolute Gasteiger partial charge is 0.0221 e. The fourth-order valence-electron chi connectivity index (χ4n) is 3.76. The summed E-state index contributed by atoms with van der Waals surface area (Å²) in [6, 6.07) is 0.667. The number of likely N-dealkylation sites (tertiary alicyclic amines) is 1. The lowest BCUT2D eigenvalue weighted by atomic mass is 9.84. The normalized spacial score (nSPS) is 30.4. The molecule has 0 aromatic rings. The molecule has 1 saturated heterocycles. The van der Waals surface area contributed by atoms with Crippen molar-refractivity contribution in [2.45, 2.75) is 64.3 Å². The molecule has 0 aromatic carbocycles. The molecule has 2 rings (SSSR count). The molecule has 2 N–H and O–H groups in total. The molecule has 17 heavy (non-hydrogen) atoms. The van der Waals surface area contributed by atoms with E-state index in [0.717, 1.165) is 18.4 Å². The van der Waals surface area contributed by atoms with Crippen LogP contribution in [0.25, 0.3) is 0 Å². The predicted octanol–water partition coefficient (Wildman–Crippen LogP) is 3.02. The van der Waals surface area contributed by atoms with Crippen molar-refractivity contribution in [3.63, 3.8) is 0 Å². The van der Waals surface area contributed by atoms with Crippen LogP contribution in [0.4, 0.5) is 0 Å². The number of piperidine rings is 1. The highest BCUT2D eigenvalue weighted by Crippen LogP contribution is 2.29. The highest BCUT2D eigenvalue weighted by Gasteiger charge is 2.26. The quantitative estimate of drug-likeness (QED) is 0.816. The molecule has 2 aliphatic rings. The molecule has 0 aromatic heterocycles. The molecule has 2 unspecified atom stereocenters. The fraction of sp³-hybridized carbons (Fsp3) is 1.00. The van der Waals surface area contributed by atoms with Gasteiger partial charge in [-0.25, -0.2) is 0 Å². The molecule has 0 spiro atoms. The molecule has 2 heteroatoms. The van der Waals surface area contributed by atoms with Gasteiger partial charge in [0, 0.05) is 19.1 Å². The molecule has 1 saturated carbocycles. The Morgan fingerprint density at radius 1 is 1.12 bits per heavy atom. The van der Waals surface area contributed by atoms with Gasteiger partial charge in [-0.3, -0.25) is 4.90 Å². The van der Waals surface area contributed by atoms with E-state index in [1.54, 1.807) is 0 Å². The van der Waals surface area contributed by atoms with Crippen LogP contribution in [0.5, 0.6) is 0 Å². The Morgan fingerprint density at radius 2 is 1.88 bits per heavy atom. The Labute approximate surface area is 107 Å². The van der Waals surface area contributed by atoms with Crippen molar-refractivity contribution >= 4 is 0 Å². The van der Waals surface area contributed by atoms with Gasteiger partial charge in [0.05, 0.1) is 0 Å². The molecule has 0 bridgehead atoms. The minimum absolute atomic E-state index is 0.667. The van der Waals surface area contributed by atoms with E-state index in [0.29, 0.717) is 6.04 Å². The highest BCUT2D eigenvalue weighted by molar-refractivity contribution is 4.81. The lowest BCUT2D eigenvalue weighted by Gasteiger charge is -2.38. The zero-order valence-corrected chi connectivity index (χ0v) is 11.5. The highest BCUT2D eigenvalue weighted by atomic mass is 15.2. The van der Waals surface area contributed by atoms with Crippen LogP contribution in [-0.2, 0) is 0 Å². The Balaban J connectivity index is 1.82. The second-order valence-corrected chi connectivity index (χ2v) is 6.37. The van der Waals surface area contributed by atoms with Crippen LogP contribution in [0.2, 0.25) is 0 Å². The van der Waals surface area contributed by atoms with E-state index in [4.69, 9.17) is 5.73 Å². The van der Waals surface area contributed by atoms with Gasteiger partial charge in [0.1, 0.15) is 0 Å². The van der Waals surface area contributed by atoms with Crippen molar-refractivity contribution in [2.24, 2.45) is 17.6 Å². The molecule has 0 radical (unpaired) electrons. The van der Waals surface area contributed by atoms with Crippen LogP contribution >= 0.6 is 0 Å². The Bertz CT molecular complexity index is 211. The van der Waals surface area contributed by atoms with E-state index >= 15 is 0 Å². The summed E-state index contributed by atoms with van der Waals surface area (Å²) in [5, 5.41) is 0. The van der Waals surface area contributed by atoms with E-state index in [9.17, 15) is 0 Å². The largest absolute Gasteiger partial charge is 0.329 e. The maximum Gasteiger partial charge on any atom is 0.0221 e. The molecule has 1 aliphatic carbocycles. The summed E-state index contributed by atoms with van der Waals surface area (Å²) in [4.78, 5) is 2.68. The van der Waals surface area contributed by atoms with Crippen LogP contribution < -0.4 is 5.73 Å². The maximum absolute atomic E-state index is 6.02. The van der Waals surface area contributed by atoms with Gasteiger partial charge in [0.25, 0.3) is 0 Å². The van der Waals surface area contributed by atoms with Crippen molar-refractivity contribution in [3.05, 3.63) is 0 Å². The molecule has 2 fully saturated rings. The van der Waals surface area contributed by atoms with Gasteiger partial charge in [0.2, 0.25) is 0 Å². The van der Waals surface area contributed by atoms with Crippen molar-refractivity contribution in [1.29, 1.82) is 0 Å². The van der Waals surface area contributed by atoms with Gasteiger partial charge in [-0.05, 0) is 37.6 Å². The summed E-state index contributed by atoms with van der Waals surface area (Å²) < 4.78 is 0. The topological polar surface area (TPSA) is 29.3 Å². The maximum atomic E-state index is 6.02. The van der Waals surface area contributed by atoms with Crippen molar-refractivity contribution in [3.8, 4) is 0 Å². The first-order valence-electron chi connectivity index (χ1n) is 7.73. The molecule has 1 heterocycles. The minimum Gasteiger partial charge on any atom is -0.329 e. The lowest BCUT2D eigenvalue weighted by Crippen LogP contribution is -2.46. The van der Waals surface area contributed by atoms with Crippen LogP contribution in [0, 0.1) is 11.8 Å². The van der Waals surface area contributed by atoms with E-state index in [1.165, 1.54) is 64.5 Å². The second-order valence-electron chi connectivity index (χ2n) is 6.37. The van der Waals surface area contributed by atoms with Crippen molar-refractivity contribution in [1.82, 2.24) is 4.90 Å². The first-order chi connectivity index (χ1) is 8.29. The first-order valence-corrected chi connectivity index (χ1v) is 7.73. The predicted molar refractivity (Wildman–Crippen MR) is 74.0 cm³/mol. The number of hydrogen-bond donors (Lipinski definition) is 1. The zero-order valence-electron chi connectivity index (χ0n) is 11.5. The van der Waals surface area contributed by atoms with Gasteiger partial charge in [-0.2, -0.15) is 0 Å². The van der Waals surface area contributed by atoms with Crippen LogP contribution in [0.1, 0.15) is 58.3 Å². The van der Waals surface area contributed by atoms with Gasteiger partial charge in [-0.1, -0.05) is 39.0 Å². The molecule has 2 atom stereocenters. The van der Waals surface area contributed by atoms with Crippen molar-refractivity contribution < 1.29 is 0 Å². The minimum atomic E-state index is 0.667. The average molecular weight is 238 g/mol. The first kappa shape index (κ1) is 13.4. The van der Waals surface area contributed by atoms with Crippen molar-refractivity contribution in [2.75, 3.05) is 19.6 Å². The van der Waals surface area contributed by atoms with Crippen LogP contribution in [0.3, 0.4) is 0 Å². The summed E-state index contributed by atoms with van der Waals surface area (Å²) in [5.74, 6) is 1.85. The van der Waals surface area contributed by atoms with E-state index in [2.05, 4.69) is 11.8 Å². The zero-order chi connectivity index (χ0) is 12.1. The summed E-state index contributed by atoms with van der Waals surface area (Å²) >= 11 is 0. The molecular weight excluding hydrogens is 208 g/mol. The monoisotopic (exact) mass is 238 g/mol. The molecule has 0 amide bonds. The standard InChI is InChI=1S/C15H30N2/c1-13-6-5-9-17(12-13)15(11-16)10-14-7-3-2-4-8-14/h13-15H,2-12,16H2,1H3. The van der Waals surface area contributed by atoms with Gasteiger partial charge >= 0.3 is 0 Å². The number of hydrogen-bond acceptors (Lipinski definition) is 2. The number of rotatable bonds is 4.